The van der Waals surface area contributed by atoms with Gasteiger partial charge in [-0.25, -0.2) is 9.59 Å². The lowest BCUT2D eigenvalue weighted by atomic mass is 10.1. The highest BCUT2D eigenvalue weighted by Gasteiger charge is 2.18. The number of amides is 2. The van der Waals surface area contributed by atoms with Crippen LogP contribution >= 0.6 is 0 Å². The van der Waals surface area contributed by atoms with Gasteiger partial charge in [-0.3, -0.25) is 19.2 Å². The predicted octanol–water partition coefficient (Wildman–Crippen LogP) is 5.60. The molecule has 0 aromatic heterocycles. The maximum absolute atomic E-state index is 12.5. The molecule has 2 amide bonds. The van der Waals surface area contributed by atoms with Crippen molar-refractivity contribution in [2.24, 2.45) is 0 Å². The van der Waals surface area contributed by atoms with Gasteiger partial charge in [-0.15, -0.1) is 0 Å². The van der Waals surface area contributed by atoms with E-state index in [-0.39, 0.29) is 55.4 Å². The van der Waals surface area contributed by atoms with E-state index in [9.17, 15) is 28.8 Å². The van der Waals surface area contributed by atoms with Crippen molar-refractivity contribution in [3.05, 3.63) is 59.7 Å². The van der Waals surface area contributed by atoms with Crippen LogP contribution in [-0.2, 0) is 28.7 Å². The first-order chi connectivity index (χ1) is 23.9. The second-order valence-electron chi connectivity index (χ2n) is 12.9. The monoisotopic (exact) mass is 710 g/mol. The number of alkyl carbamates (subject to hydrolysis) is 2. The smallest absolute Gasteiger partial charge is 0.407 e. The number of ketones is 2. The molecule has 14 nitrogen and oxygen atoms in total. The molecule has 0 aliphatic heterocycles. The molecule has 0 radical (unpaired) electrons. The third kappa shape index (κ3) is 17.0. The Morgan fingerprint density at radius 2 is 0.961 bits per heavy atom. The van der Waals surface area contributed by atoms with Crippen LogP contribution in [0.3, 0.4) is 0 Å². The number of hydrogen-bond donors (Lipinski definition) is 2. The van der Waals surface area contributed by atoms with Crippen molar-refractivity contribution in [2.45, 2.75) is 72.0 Å². The van der Waals surface area contributed by atoms with Gasteiger partial charge in [-0.2, -0.15) is 0 Å². The summed E-state index contributed by atoms with van der Waals surface area (Å²) >= 11 is 0. The molecule has 0 spiro atoms. The number of benzene rings is 2. The summed E-state index contributed by atoms with van der Waals surface area (Å²) in [5.41, 5.74) is -0.211. The highest BCUT2D eigenvalue weighted by Crippen LogP contribution is 2.30. The lowest BCUT2D eigenvalue weighted by Crippen LogP contribution is -2.34. The van der Waals surface area contributed by atoms with Gasteiger partial charge in [0, 0.05) is 13.1 Å². The zero-order valence-corrected chi connectivity index (χ0v) is 30.2. The number of hydrogen-bond acceptors (Lipinski definition) is 12. The minimum absolute atomic E-state index is 0.0176. The molecular formula is C37H46N2O12. The molecule has 0 atom stereocenters. The van der Waals surface area contributed by atoms with Crippen molar-refractivity contribution in [1.29, 1.82) is 0 Å². The highest BCUT2D eigenvalue weighted by atomic mass is 16.6. The Kier molecular flexibility index (Phi) is 15.9. The third-order valence-electron chi connectivity index (χ3n) is 6.09. The zero-order chi connectivity index (χ0) is 38.2. The first-order valence-electron chi connectivity index (χ1n) is 16.0. The quantitative estimate of drug-likeness (QED) is 0.0954. The van der Waals surface area contributed by atoms with Crippen LogP contribution in [-0.4, -0.2) is 74.2 Å². The summed E-state index contributed by atoms with van der Waals surface area (Å²) in [6.07, 6.45) is 3.62. The van der Waals surface area contributed by atoms with Crippen molar-refractivity contribution in [1.82, 2.24) is 10.6 Å². The SMILES string of the molecule is COc1cc(/C=C/C(=O)CC(=O)/C=C/c2ccc(OC(=O)CCNC(=O)OC(C)(C)C)c(OC)c2)ccc1OC(=O)CCNC(=O)OC(C)(C)C. The molecule has 2 N–H and O–H groups in total. The Labute approximate surface area is 297 Å². The van der Waals surface area contributed by atoms with E-state index in [4.69, 9.17) is 28.4 Å². The van der Waals surface area contributed by atoms with Crippen LogP contribution in [0.1, 0.15) is 71.9 Å². The van der Waals surface area contributed by atoms with Crippen LogP contribution in [0.4, 0.5) is 9.59 Å². The number of methoxy groups -OCH3 is 2. The van der Waals surface area contributed by atoms with Crippen LogP contribution in [0, 0.1) is 0 Å². The largest absolute Gasteiger partial charge is 0.493 e. The van der Waals surface area contributed by atoms with Gasteiger partial charge in [0.2, 0.25) is 0 Å². The molecule has 51 heavy (non-hydrogen) atoms. The minimum Gasteiger partial charge on any atom is -0.493 e. The predicted molar refractivity (Wildman–Crippen MR) is 188 cm³/mol. The van der Waals surface area contributed by atoms with Crippen molar-refractivity contribution in [3.8, 4) is 23.0 Å². The van der Waals surface area contributed by atoms with Crippen LogP contribution in [0.25, 0.3) is 12.2 Å². The van der Waals surface area contributed by atoms with Gasteiger partial charge < -0.3 is 39.1 Å². The van der Waals surface area contributed by atoms with Gasteiger partial charge in [-0.1, -0.05) is 24.3 Å². The standard InChI is InChI=1S/C37H46N2O12/c1-36(2,3)50-34(44)38-19-17-32(42)48-28-15-11-24(21-30(28)46-7)9-13-26(40)23-27(41)14-10-25-12-16-29(31(22-25)47-8)49-33(43)18-20-39-35(45)51-37(4,5)6/h9-16,21-22H,17-20,23H2,1-8H3,(H,38,44)(H,39,45)/b13-9+,14-10+. The Morgan fingerprint density at radius 3 is 1.29 bits per heavy atom. The maximum atomic E-state index is 12.5. The summed E-state index contributed by atoms with van der Waals surface area (Å²) < 4.78 is 31.5. The fourth-order valence-electron chi connectivity index (χ4n) is 3.92. The summed E-state index contributed by atoms with van der Waals surface area (Å²) in [7, 11) is 2.79. The maximum Gasteiger partial charge on any atom is 0.407 e. The Bertz CT molecular complexity index is 1510. The number of carbonyl (C=O) groups is 6. The van der Waals surface area contributed by atoms with Gasteiger partial charge in [0.15, 0.2) is 34.6 Å². The molecule has 2 aromatic rings. The van der Waals surface area contributed by atoms with Gasteiger partial charge in [0.1, 0.15) is 11.2 Å². The third-order valence-corrected chi connectivity index (χ3v) is 6.09. The summed E-state index contributed by atoms with van der Waals surface area (Å²) in [6.45, 7) is 10.4. The molecule has 2 aromatic carbocycles. The zero-order valence-electron chi connectivity index (χ0n) is 30.2. The van der Waals surface area contributed by atoms with E-state index in [0.29, 0.717) is 11.1 Å². The number of rotatable bonds is 16. The van der Waals surface area contributed by atoms with E-state index in [1.165, 1.54) is 50.7 Å². The van der Waals surface area contributed by atoms with E-state index < -0.39 is 46.9 Å². The van der Waals surface area contributed by atoms with E-state index in [1.807, 2.05) is 0 Å². The fourth-order valence-corrected chi connectivity index (χ4v) is 3.92. The molecule has 0 saturated carbocycles. The number of esters is 2. The first-order valence-corrected chi connectivity index (χ1v) is 16.0. The van der Waals surface area contributed by atoms with Gasteiger partial charge in [-0.05, 0) is 89.1 Å². The Balaban J connectivity index is 1.88. The summed E-state index contributed by atoms with van der Waals surface area (Å²) in [5.74, 6) is -1.32. The molecule has 0 unspecified atom stereocenters. The van der Waals surface area contributed by atoms with Gasteiger partial charge >= 0.3 is 24.1 Å². The van der Waals surface area contributed by atoms with E-state index in [0.717, 1.165) is 0 Å². The van der Waals surface area contributed by atoms with E-state index in [2.05, 4.69) is 10.6 Å². The van der Waals surface area contributed by atoms with Crippen molar-refractivity contribution in [2.75, 3.05) is 27.3 Å². The lowest BCUT2D eigenvalue weighted by Gasteiger charge is -2.19. The number of ether oxygens (including phenoxy) is 6. The normalized spacial score (nSPS) is 11.5. The lowest BCUT2D eigenvalue weighted by molar-refractivity contribution is -0.135. The highest BCUT2D eigenvalue weighted by molar-refractivity contribution is 6.10. The summed E-state index contributed by atoms with van der Waals surface area (Å²) in [5, 5.41) is 4.96. The number of carbonyl (C=O) groups excluding carboxylic acids is 6. The second kappa shape index (κ2) is 19.5. The molecule has 0 heterocycles. The van der Waals surface area contributed by atoms with E-state index >= 15 is 0 Å². The van der Waals surface area contributed by atoms with Crippen LogP contribution in [0.5, 0.6) is 23.0 Å². The molecular weight excluding hydrogens is 664 g/mol. The molecule has 276 valence electrons. The Hall–Kier alpha value is -5.66. The van der Waals surface area contributed by atoms with Crippen molar-refractivity contribution < 1.29 is 57.2 Å². The Morgan fingerprint density at radius 1 is 0.588 bits per heavy atom. The van der Waals surface area contributed by atoms with Gasteiger partial charge in [0.25, 0.3) is 0 Å². The van der Waals surface area contributed by atoms with Crippen LogP contribution in [0.2, 0.25) is 0 Å². The average molecular weight is 711 g/mol. The van der Waals surface area contributed by atoms with Crippen LogP contribution < -0.4 is 29.6 Å². The summed E-state index contributed by atoms with van der Waals surface area (Å²) in [6, 6.07) is 9.32. The van der Waals surface area contributed by atoms with Crippen molar-refractivity contribution >= 4 is 47.8 Å². The molecule has 0 aliphatic rings. The first kappa shape index (κ1) is 41.5. The minimum atomic E-state index is -0.662. The number of nitrogens with one attached hydrogen (secondary N) is 2. The van der Waals surface area contributed by atoms with Gasteiger partial charge in [0.05, 0.1) is 33.5 Å². The fraction of sp³-hybridized carbons (Fsp3) is 0.405. The topological polar surface area (TPSA) is 182 Å². The molecule has 2 rings (SSSR count). The number of allylic oxidation sites excluding steroid dienone is 2. The molecule has 14 heteroatoms. The van der Waals surface area contributed by atoms with Crippen LogP contribution in [0.15, 0.2) is 48.6 Å². The molecule has 0 fully saturated rings. The molecule has 0 aliphatic carbocycles. The molecule has 0 bridgehead atoms. The van der Waals surface area contributed by atoms with E-state index in [1.54, 1.807) is 65.8 Å². The average Bonchev–Trinajstić information content (AvgIpc) is 3.02. The van der Waals surface area contributed by atoms with Crippen molar-refractivity contribution in [3.63, 3.8) is 0 Å². The summed E-state index contributed by atoms with van der Waals surface area (Å²) in [4.78, 5) is 72.9. The second-order valence-corrected chi connectivity index (χ2v) is 12.9. The molecule has 0 saturated heterocycles.